The first-order valence-electron chi connectivity index (χ1n) is 10.0. The van der Waals surface area contributed by atoms with Crippen LogP contribution in [-0.4, -0.2) is 32.1 Å². The molecule has 0 unspecified atom stereocenters. The van der Waals surface area contributed by atoms with Crippen molar-refractivity contribution in [1.29, 1.82) is 0 Å². The molecule has 4 heteroatoms. The molecule has 0 saturated carbocycles. The van der Waals surface area contributed by atoms with Crippen LogP contribution < -0.4 is 4.74 Å². The van der Waals surface area contributed by atoms with Gasteiger partial charge < -0.3 is 9.64 Å². The molecule has 1 aliphatic rings. The first-order valence-corrected chi connectivity index (χ1v) is 10.8. The maximum atomic E-state index is 13.1. The second-order valence-electron chi connectivity index (χ2n) is 7.62. The summed E-state index contributed by atoms with van der Waals surface area (Å²) in [6.45, 7) is 2.19. The van der Waals surface area contributed by atoms with Gasteiger partial charge in [0.25, 0.3) is 0 Å². The number of hydrogen-bond acceptors (Lipinski definition) is 3. The summed E-state index contributed by atoms with van der Waals surface area (Å²) in [6, 6.07) is 19.9. The van der Waals surface area contributed by atoms with E-state index in [1.165, 1.54) is 38.6 Å². The zero-order valence-electron chi connectivity index (χ0n) is 17.0. The zero-order valence-corrected chi connectivity index (χ0v) is 17.8. The van der Waals surface area contributed by atoms with Gasteiger partial charge in [-0.3, -0.25) is 0 Å². The molecule has 1 aliphatic heterocycles. The van der Waals surface area contributed by atoms with E-state index in [0.29, 0.717) is 0 Å². The third-order valence-corrected chi connectivity index (χ3v) is 6.53. The average molecular weight is 408 g/mol. The van der Waals surface area contributed by atoms with Crippen LogP contribution in [-0.2, 0) is 19.3 Å². The fourth-order valence-electron chi connectivity index (χ4n) is 3.72. The number of methoxy groups -OCH3 is 1. The highest BCUT2D eigenvalue weighted by molar-refractivity contribution is 7.99. The van der Waals surface area contributed by atoms with E-state index in [1.54, 1.807) is 18.9 Å². The molecule has 4 rings (SSSR count). The van der Waals surface area contributed by atoms with E-state index >= 15 is 0 Å². The van der Waals surface area contributed by atoms with Crippen molar-refractivity contribution in [3.05, 3.63) is 88.7 Å². The number of rotatable bonds is 5. The first kappa shape index (κ1) is 20.0. The summed E-state index contributed by atoms with van der Waals surface area (Å²) >= 11 is 1.75. The Balaban J connectivity index is 1.50. The van der Waals surface area contributed by atoms with Gasteiger partial charge in [-0.15, -0.1) is 0 Å². The van der Waals surface area contributed by atoms with Gasteiger partial charge in [0.15, 0.2) is 0 Å². The first-order chi connectivity index (χ1) is 14.1. The molecule has 3 aromatic carbocycles. The Hall–Kier alpha value is -2.30. The minimum atomic E-state index is -0.193. The van der Waals surface area contributed by atoms with Gasteiger partial charge in [-0.2, -0.15) is 0 Å². The molecular formula is C25H26FNOS. The maximum Gasteiger partial charge on any atom is 0.133 e. The van der Waals surface area contributed by atoms with Crippen LogP contribution in [0.25, 0.3) is 0 Å². The lowest BCUT2D eigenvalue weighted by atomic mass is 10.0. The van der Waals surface area contributed by atoms with Crippen molar-refractivity contribution in [3.8, 4) is 5.75 Å². The van der Waals surface area contributed by atoms with Gasteiger partial charge in [0.2, 0.25) is 0 Å². The number of hydrogen-bond donors (Lipinski definition) is 0. The highest BCUT2D eigenvalue weighted by atomic mass is 32.2. The lowest BCUT2D eigenvalue weighted by Crippen LogP contribution is -2.20. The van der Waals surface area contributed by atoms with Crippen molar-refractivity contribution < 1.29 is 9.13 Å². The minimum Gasteiger partial charge on any atom is -0.496 e. The Morgan fingerprint density at radius 3 is 2.10 bits per heavy atom. The second kappa shape index (κ2) is 9.02. The Morgan fingerprint density at radius 1 is 0.897 bits per heavy atom. The van der Waals surface area contributed by atoms with Crippen molar-refractivity contribution in [2.45, 2.75) is 29.1 Å². The van der Waals surface area contributed by atoms with Crippen LogP contribution in [0.2, 0.25) is 0 Å². The molecule has 0 aromatic heterocycles. The molecule has 0 radical (unpaired) electrons. The number of nitrogens with zero attached hydrogens (tertiary/aromatic N) is 1. The summed E-state index contributed by atoms with van der Waals surface area (Å²) in [4.78, 5) is 4.75. The van der Waals surface area contributed by atoms with E-state index in [1.807, 2.05) is 12.1 Å². The summed E-state index contributed by atoms with van der Waals surface area (Å²) in [7, 11) is 3.94. The van der Waals surface area contributed by atoms with Crippen LogP contribution in [0.1, 0.15) is 22.3 Å². The third kappa shape index (κ3) is 5.01. The fourth-order valence-corrected chi connectivity index (χ4v) is 4.69. The Kier molecular flexibility index (Phi) is 6.22. The quantitative estimate of drug-likeness (QED) is 0.546. The molecule has 2 nitrogen and oxygen atoms in total. The van der Waals surface area contributed by atoms with Crippen LogP contribution in [0.15, 0.2) is 70.5 Å². The van der Waals surface area contributed by atoms with Gasteiger partial charge in [0.1, 0.15) is 11.6 Å². The van der Waals surface area contributed by atoms with Crippen molar-refractivity contribution in [2.75, 3.05) is 27.2 Å². The maximum absolute atomic E-state index is 13.1. The van der Waals surface area contributed by atoms with Crippen LogP contribution in [0.3, 0.4) is 0 Å². The second-order valence-corrected chi connectivity index (χ2v) is 8.74. The predicted molar refractivity (Wildman–Crippen MR) is 118 cm³/mol. The van der Waals surface area contributed by atoms with Gasteiger partial charge in [-0.05, 0) is 85.0 Å². The van der Waals surface area contributed by atoms with E-state index in [4.69, 9.17) is 4.74 Å². The summed E-state index contributed by atoms with van der Waals surface area (Å²) in [5.41, 5.74) is 5.18. The van der Waals surface area contributed by atoms with Gasteiger partial charge in [0, 0.05) is 18.0 Å². The van der Waals surface area contributed by atoms with Crippen molar-refractivity contribution >= 4 is 11.8 Å². The molecule has 0 fully saturated rings. The molecule has 150 valence electrons. The molecule has 1 heterocycles. The SMILES string of the molecule is COc1cc2c(cc1Sc1ccc(Cc3ccc(F)cc3)cc1)CCN(C)CC2. The number of fused-ring (bicyclic) bond motifs is 1. The molecule has 0 saturated heterocycles. The van der Waals surface area contributed by atoms with E-state index < -0.39 is 0 Å². The van der Waals surface area contributed by atoms with Crippen molar-refractivity contribution in [3.63, 3.8) is 0 Å². The summed E-state index contributed by atoms with van der Waals surface area (Å²) in [5.74, 6) is 0.760. The van der Waals surface area contributed by atoms with Gasteiger partial charge in [-0.25, -0.2) is 4.39 Å². The zero-order chi connectivity index (χ0) is 20.2. The molecule has 0 aliphatic carbocycles. The van der Waals surface area contributed by atoms with Crippen LogP contribution >= 0.6 is 11.8 Å². The van der Waals surface area contributed by atoms with E-state index in [0.717, 1.165) is 43.7 Å². The summed E-state index contributed by atoms with van der Waals surface area (Å²) in [5, 5.41) is 0. The summed E-state index contributed by atoms with van der Waals surface area (Å²) in [6.07, 6.45) is 2.96. The molecule has 0 amide bonds. The molecule has 0 bridgehead atoms. The Bertz CT molecular complexity index is 969. The standard InChI is InChI=1S/C25H26FNOS/c1-27-13-11-20-16-24(28-2)25(17-21(20)12-14-27)29-23-9-5-19(6-10-23)15-18-3-7-22(26)8-4-18/h3-10,16-17H,11-15H2,1-2H3. The smallest absolute Gasteiger partial charge is 0.133 e. The number of ether oxygens (including phenoxy) is 1. The van der Waals surface area contributed by atoms with Gasteiger partial charge in [0.05, 0.1) is 12.0 Å². The topological polar surface area (TPSA) is 12.5 Å². The lowest BCUT2D eigenvalue weighted by Gasteiger charge is -2.14. The van der Waals surface area contributed by atoms with E-state index in [-0.39, 0.29) is 5.82 Å². The normalized spacial score (nSPS) is 14.3. The highest BCUT2D eigenvalue weighted by Gasteiger charge is 2.16. The lowest BCUT2D eigenvalue weighted by molar-refractivity contribution is 0.352. The van der Waals surface area contributed by atoms with E-state index in [2.05, 4.69) is 48.3 Å². The van der Waals surface area contributed by atoms with Crippen LogP contribution in [0.4, 0.5) is 4.39 Å². The molecule has 3 aromatic rings. The molecule has 29 heavy (non-hydrogen) atoms. The molecule has 0 atom stereocenters. The van der Waals surface area contributed by atoms with Crippen LogP contribution in [0, 0.1) is 5.82 Å². The minimum absolute atomic E-state index is 0.193. The van der Waals surface area contributed by atoms with Crippen LogP contribution in [0.5, 0.6) is 5.75 Å². The third-order valence-electron chi connectivity index (χ3n) is 5.48. The van der Waals surface area contributed by atoms with Gasteiger partial charge in [-0.1, -0.05) is 36.0 Å². The fraction of sp³-hybridized carbons (Fsp3) is 0.280. The number of benzene rings is 3. The Morgan fingerprint density at radius 2 is 1.48 bits per heavy atom. The monoisotopic (exact) mass is 407 g/mol. The number of halogens is 1. The average Bonchev–Trinajstić information content (AvgIpc) is 2.92. The molecular weight excluding hydrogens is 381 g/mol. The predicted octanol–water partition coefficient (Wildman–Crippen LogP) is 5.61. The highest BCUT2D eigenvalue weighted by Crippen LogP contribution is 2.38. The van der Waals surface area contributed by atoms with E-state index in [9.17, 15) is 4.39 Å². The van der Waals surface area contributed by atoms with Gasteiger partial charge >= 0.3 is 0 Å². The van der Waals surface area contributed by atoms with Crippen molar-refractivity contribution in [1.82, 2.24) is 4.90 Å². The van der Waals surface area contributed by atoms with Crippen molar-refractivity contribution in [2.24, 2.45) is 0 Å². The molecule has 0 N–H and O–H groups in total. The molecule has 0 spiro atoms. The number of likely N-dealkylation sites (N-methyl/N-ethyl adjacent to an activating group) is 1. The summed E-state index contributed by atoms with van der Waals surface area (Å²) < 4.78 is 18.8. The largest absolute Gasteiger partial charge is 0.496 e. The Labute approximate surface area is 176 Å².